The van der Waals surface area contributed by atoms with Crippen molar-refractivity contribution in [1.82, 2.24) is 14.9 Å². The minimum absolute atomic E-state index is 0.110. The van der Waals surface area contributed by atoms with Gasteiger partial charge in [-0.15, -0.1) is 0 Å². The highest BCUT2D eigenvalue weighted by Gasteiger charge is 2.49. The minimum atomic E-state index is -5.91. The van der Waals surface area contributed by atoms with Gasteiger partial charge in [0.2, 0.25) is 5.88 Å². The van der Waals surface area contributed by atoms with Gasteiger partial charge in [0, 0.05) is 29.2 Å². The van der Waals surface area contributed by atoms with Gasteiger partial charge in [0.15, 0.2) is 0 Å². The van der Waals surface area contributed by atoms with Gasteiger partial charge >= 0.3 is 21.6 Å². The van der Waals surface area contributed by atoms with Crippen molar-refractivity contribution in [2.24, 2.45) is 0 Å². The summed E-state index contributed by atoms with van der Waals surface area (Å²) in [4.78, 5) is 12.6. The SMILES string of the molecule is Cc1ccc2cccc(N3CCc4c(nc(OC[C@@H]5CCCN5C)nc4OS(=O)(=O)C(F)(F)F)C3)c2c1. The number of likely N-dealkylation sites (N-methyl/N-ethyl adjacent to an activating group) is 1. The molecule has 37 heavy (non-hydrogen) atoms. The summed E-state index contributed by atoms with van der Waals surface area (Å²) in [5.74, 6) is -0.634. The van der Waals surface area contributed by atoms with E-state index >= 15 is 0 Å². The number of likely N-dealkylation sites (tertiary alicyclic amines) is 1. The number of aryl methyl sites for hydroxylation is 1. The van der Waals surface area contributed by atoms with E-state index in [1.54, 1.807) is 0 Å². The number of rotatable bonds is 6. The Labute approximate surface area is 213 Å². The van der Waals surface area contributed by atoms with Crippen LogP contribution in [0.1, 0.15) is 29.7 Å². The molecule has 3 aromatic rings. The van der Waals surface area contributed by atoms with Crippen LogP contribution >= 0.6 is 0 Å². The van der Waals surface area contributed by atoms with Crippen LogP contribution in [0.3, 0.4) is 0 Å². The van der Waals surface area contributed by atoms with Crippen molar-refractivity contribution in [3.05, 3.63) is 53.2 Å². The van der Waals surface area contributed by atoms with Crippen LogP contribution in [0, 0.1) is 6.92 Å². The van der Waals surface area contributed by atoms with Crippen molar-refractivity contribution >= 4 is 26.6 Å². The fourth-order valence-corrected chi connectivity index (χ4v) is 5.31. The quantitative estimate of drug-likeness (QED) is 0.342. The van der Waals surface area contributed by atoms with Crippen LogP contribution in [-0.2, 0) is 23.1 Å². The number of halogens is 3. The third-order valence-electron chi connectivity index (χ3n) is 6.91. The van der Waals surface area contributed by atoms with Crippen LogP contribution in [-0.4, -0.2) is 61.6 Å². The van der Waals surface area contributed by atoms with Crippen molar-refractivity contribution in [2.45, 2.75) is 44.3 Å². The lowest BCUT2D eigenvalue weighted by atomic mass is 10.0. The first-order valence-electron chi connectivity index (χ1n) is 12.0. The van der Waals surface area contributed by atoms with E-state index < -0.39 is 21.5 Å². The highest BCUT2D eigenvalue weighted by molar-refractivity contribution is 7.87. The summed E-state index contributed by atoms with van der Waals surface area (Å²) in [6.07, 6.45) is 2.11. The third kappa shape index (κ3) is 5.17. The van der Waals surface area contributed by atoms with Gasteiger partial charge in [-0.05, 0) is 57.3 Å². The molecule has 0 saturated carbocycles. The molecule has 0 N–H and O–H groups in total. The zero-order chi connectivity index (χ0) is 26.4. The molecule has 2 aromatic carbocycles. The lowest BCUT2D eigenvalue weighted by molar-refractivity contribution is -0.0502. The molecule has 3 heterocycles. The number of hydrogen-bond donors (Lipinski definition) is 0. The number of anilines is 1. The van der Waals surface area contributed by atoms with E-state index in [2.05, 4.69) is 30.0 Å². The second kappa shape index (κ2) is 9.64. The second-order valence-corrected chi connectivity index (χ2v) is 11.0. The van der Waals surface area contributed by atoms with Crippen LogP contribution in [0.2, 0.25) is 0 Å². The van der Waals surface area contributed by atoms with Gasteiger partial charge in [-0.2, -0.15) is 31.6 Å². The number of nitrogens with zero attached hydrogens (tertiary/aromatic N) is 4. The molecule has 12 heteroatoms. The molecule has 1 saturated heterocycles. The number of hydrogen-bond acceptors (Lipinski definition) is 8. The molecule has 1 fully saturated rings. The van der Waals surface area contributed by atoms with E-state index in [1.807, 2.05) is 44.3 Å². The molecule has 8 nitrogen and oxygen atoms in total. The topological polar surface area (TPSA) is 84.9 Å². The molecule has 0 amide bonds. The lowest BCUT2D eigenvalue weighted by Crippen LogP contribution is -2.34. The molecule has 198 valence electrons. The van der Waals surface area contributed by atoms with Crippen LogP contribution in [0.25, 0.3) is 10.8 Å². The van der Waals surface area contributed by atoms with E-state index in [-0.39, 0.29) is 37.2 Å². The Bertz CT molecular complexity index is 1430. The van der Waals surface area contributed by atoms with E-state index in [1.165, 1.54) is 0 Å². The zero-order valence-corrected chi connectivity index (χ0v) is 21.3. The first kappa shape index (κ1) is 25.5. The predicted molar refractivity (Wildman–Crippen MR) is 132 cm³/mol. The van der Waals surface area contributed by atoms with Crippen molar-refractivity contribution in [1.29, 1.82) is 0 Å². The minimum Gasteiger partial charge on any atom is -0.462 e. The van der Waals surface area contributed by atoms with E-state index in [4.69, 9.17) is 4.74 Å². The molecule has 2 aliphatic rings. The summed E-state index contributed by atoms with van der Waals surface area (Å²) in [5.41, 5.74) is -2.94. The fraction of sp³-hybridized carbons (Fsp3) is 0.440. The normalized spacial score (nSPS) is 18.7. The monoisotopic (exact) mass is 536 g/mol. The molecule has 0 unspecified atom stereocenters. The average molecular weight is 537 g/mol. The standard InChI is InChI=1S/C25H27F3N4O4S/c1-16-8-9-17-5-3-7-22(20(17)13-16)32-12-10-19-21(14-32)29-24(35-15-18-6-4-11-31(18)2)30-23(19)36-37(33,34)25(26,27)28/h3,5,7-9,13,18H,4,6,10-12,14-15H2,1-2H3/t18-/m0/s1. The summed E-state index contributed by atoms with van der Waals surface area (Å²) < 4.78 is 73.3. The Morgan fingerprint density at radius 3 is 2.68 bits per heavy atom. The molecular weight excluding hydrogens is 509 g/mol. The predicted octanol–water partition coefficient (Wildman–Crippen LogP) is 4.20. The number of aromatic nitrogens is 2. The Kier molecular flexibility index (Phi) is 6.65. The van der Waals surface area contributed by atoms with E-state index in [0.29, 0.717) is 12.2 Å². The fourth-order valence-electron chi connectivity index (χ4n) is 4.87. The largest absolute Gasteiger partial charge is 0.534 e. The van der Waals surface area contributed by atoms with Crippen LogP contribution in [0.4, 0.5) is 18.9 Å². The van der Waals surface area contributed by atoms with E-state index in [9.17, 15) is 21.6 Å². The van der Waals surface area contributed by atoms with Gasteiger partial charge in [-0.3, -0.25) is 0 Å². The molecule has 1 aromatic heterocycles. The van der Waals surface area contributed by atoms with Gasteiger partial charge in [0.1, 0.15) is 6.61 Å². The molecular formula is C25H27F3N4O4S. The van der Waals surface area contributed by atoms with Crippen molar-refractivity contribution in [2.75, 3.05) is 31.6 Å². The highest BCUT2D eigenvalue weighted by atomic mass is 32.2. The maximum absolute atomic E-state index is 13.1. The van der Waals surface area contributed by atoms with Gasteiger partial charge < -0.3 is 18.7 Å². The van der Waals surface area contributed by atoms with Crippen molar-refractivity contribution in [3.63, 3.8) is 0 Å². The zero-order valence-electron chi connectivity index (χ0n) is 20.5. The lowest BCUT2D eigenvalue weighted by Gasteiger charge is -2.31. The van der Waals surface area contributed by atoms with Crippen LogP contribution in [0.5, 0.6) is 11.9 Å². The Balaban J connectivity index is 1.50. The van der Waals surface area contributed by atoms with Crippen LogP contribution < -0.4 is 13.8 Å². The molecule has 2 aliphatic heterocycles. The third-order valence-corrected chi connectivity index (χ3v) is 7.85. The summed E-state index contributed by atoms with van der Waals surface area (Å²) in [7, 11) is -3.95. The van der Waals surface area contributed by atoms with Gasteiger partial charge in [0.25, 0.3) is 0 Å². The summed E-state index contributed by atoms with van der Waals surface area (Å²) in [6, 6.07) is 12.0. The maximum Gasteiger partial charge on any atom is 0.534 e. The number of alkyl halides is 3. The molecule has 0 bridgehead atoms. The summed E-state index contributed by atoms with van der Waals surface area (Å²) in [6.45, 7) is 3.79. The number of ether oxygens (including phenoxy) is 1. The maximum atomic E-state index is 13.1. The Morgan fingerprint density at radius 1 is 1.14 bits per heavy atom. The van der Waals surface area contributed by atoms with Gasteiger partial charge in [-0.25, -0.2) is 0 Å². The van der Waals surface area contributed by atoms with Gasteiger partial charge in [-0.1, -0.05) is 29.8 Å². The highest BCUT2D eigenvalue weighted by Crippen LogP contribution is 2.36. The average Bonchev–Trinajstić information content (AvgIpc) is 3.25. The molecule has 1 atom stereocenters. The molecule has 0 radical (unpaired) electrons. The number of benzene rings is 2. The first-order chi connectivity index (χ1) is 17.5. The second-order valence-electron chi connectivity index (χ2n) is 9.48. The molecule has 0 spiro atoms. The molecule has 0 aliphatic carbocycles. The Hall–Kier alpha value is -3.12. The summed E-state index contributed by atoms with van der Waals surface area (Å²) >= 11 is 0. The Morgan fingerprint density at radius 2 is 1.95 bits per heavy atom. The van der Waals surface area contributed by atoms with Crippen molar-refractivity contribution in [3.8, 4) is 11.9 Å². The van der Waals surface area contributed by atoms with Crippen LogP contribution in [0.15, 0.2) is 36.4 Å². The smallest absolute Gasteiger partial charge is 0.462 e. The van der Waals surface area contributed by atoms with Gasteiger partial charge in [0.05, 0.1) is 12.2 Å². The number of fused-ring (bicyclic) bond motifs is 2. The first-order valence-corrected chi connectivity index (χ1v) is 13.4. The summed E-state index contributed by atoms with van der Waals surface area (Å²) in [5, 5.41) is 2.10. The van der Waals surface area contributed by atoms with Crippen molar-refractivity contribution < 1.29 is 30.5 Å². The van der Waals surface area contributed by atoms with E-state index in [0.717, 1.165) is 41.4 Å². The molecule has 5 rings (SSSR count).